The molecular weight excluding hydrogens is 108 g/mol. The highest BCUT2D eigenvalue weighted by molar-refractivity contribution is 5.21. The molecule has 0 saturated carbocycles. The van der Waals surface area contributed by atoms with Gasteiger partial charge in [-0.15, -0.1) is 0 Å². The van der Waals surface area contributed by atoms with Crippen LogP contribution in [-0.4, -0.2) is 0 Å². The largest absolute Gasteiger partial charge is 0.0810 e. The van der Waals surface area contributed by atoms with Crippen molar-refractivity contribution in [1.29, 1.82) is 0 Å². The van der Waals surface area contributed by atoms with Gasteiger partial charge in [-0.25, -0.2) is 0 Å². The fourth-order valence-electron chi connectivity index (χ4n) is 1.13. The molecule has 1 rings (SSSR count). The molecule has 1 unspecified atom stereocenters. The van der Waals surface area contributed by atoms with Crippen LogP contribution in [0.1, 0.15) is 27.2 Å². The second kappa shape index (κ2) is 2.38. The first-order valence-corrected chi connectivity index (χ1v) is 3.54. The van der Waals surface area contributed by atoms with E-state index >= 15 is 0 Å². The van der Waals surface area contributed by atoms with E-state index in [0.29, 0.717) is 5.92 Å². The normalized spacial score (nSPS) is 27.2. The van der Waals surface area contributed by atoms with Gasteiger partial charge in [0.25, 0.3) is 0 Å². The van der Waals surface area contributed by atoms with Gasteiger partial charge in [-0.2, -0.15) is 0 Å². The lowest BCUT2D eigenvalue weighted by atomic mass is 9.93. The minimum Gasteiger partial charge on any atom is -0.0810 e. The van der Waals surface area contributed by atoms with Crippen LogP contribution in [0.15, 0.2) is 23.3 Å². The first-order chi connectivity index (χ1) is 4.20. The Morgan fingerprint density at radius 3 is 2.56 bits per heavy atom. The van der Waals surface area contributed by atoms with Crippen molar-refractivity contribution >= 4 is 0 Å². The lowest BCUT2D eigenvalue weighted by Crippen LogP contribution is -1.97. The van der Waals surface area contributed by atoms with E-state index in [2.05, 4.69) is 32.9 Å². The van der Waals surface area contributed by atoms with Gasteiger partial charge in [0, 0.05) is 0 Å². The second-order valence-corrected chi connectivity index (χ2v) is 2.95. The Bertz CT molecular complexity index is 161. The van der Waals surface area contributed by atoms with Gasteiger partial charge in [-0.05, 0) is 26.2 Å². The molecule has 1 aliphatic carbocycles. The zero-order chi connectivity index (χ0) is 6.85. The van der Waals surface area contributed by atoms with Crippen molar-refractivity contribution < 1.29 is 0 Å². The van der Waals surface area contributed by atoms with Crippen LogP contribution in [0.4, 0.5) is 0 Å². The Labute approximate surface area is 57.3 Å². The number of rotatable bonds is 0. The molecule has 0 fully saturated rings. The minimum atomic E-state index is 0.679. The van der Waals surface area contributed by atoms with E-state index in [1.54, 1.807) is 0 Å². The molecule has 0 amide bonds. The zero-order valence-corrected chi connectivity index (χ0v) is 6.44. The van der Waals surface area contributed by atoms with Crippen LogP contribution < -0.4 is 0 Å². The molecule has 0 aromatic rings. The molecule has 1 aliphatic rings. The fraction of sp³-hybridized carbons (Fsp3) is 0.556. The second-order valence-electron chi connectivity index (χ2n) is 2.95. The lowest BCUT2D eigenvalue weighted by molar-refractivity contribution is 0.816. The molecule has 0 heteroatoms. The summed E-state index contributed by atoms with van der Waals surface area (Å²) in [6.07, 6.45) is 5.82. The number of hydrogen-bond donors (Lipinski definition) is 0. The predicted octanol–water partition coefficient (Wildman–Crippen LogP) is 2.92. The third-order valence-electron chi connectivity index (χ3n) is 2.00. The number of hydrogen-bond acceptors (Lipinski definition) is 0. The van der Waals surface area contributed by atoms with Crippen molar-refractivity contribution in [2.75, 3.05) is 0 Å². The molecule has 0 spiro atoms. The maximum Gasteiger partial charge on any atom is -0.00516 e. The first-order valence-electron chi connectivity index (χ1n) is 3.54. The summed E-state index contributed by atoms with van der Waals surface area (Å²) in [6, 6.07) is 0. The van der Waals surface area contributed by atoms with Crippen molar-refractivity contribution in [3.63, 3.8) is 0 Å². The van der Waals surface area contributed by atoms with Gasteiger partial charge >= 0.3 is 0 Å². The highest BCUT2D eigenvalue weighted by Gasteiger charge is 2.04. The van der Waals surface area contributed by atoms with Crippen molar-refractivity contribution in [3.05, 3.63) is 23.3 Å². The molecule has 0 aliphatic heterocycles. The van der Waals surface area contributed by atoms with Gasteiger partial charge in [-0.1, -0.05) is 30.2 Å². The fourth-order valence-corrected chi connectivity index (χ4v) is 1.13. The lowest BCUT2D eigenvalue weighted by Gasteiger charge is -2.13. The Morgan fingerprint density at radius 1 is 1.44 bits per heavy atom. The molecule has 0 aromatic carbocycles. The van der Waals surface area contributed by atoms with Crippen LogP contribution in [0.5, 0.6) is 0 Å². The van der Waals surface area contributed by atoms with E-state index in [1.165, 1.54) is 11.1 Å². The maximum atomic E-state index is 2.34. The van der Waals surface area contributed by atoms with Gasteiger partial charge in [0.1, 0.15) is 0 Å². The molecular formula is C9H14. The molecule has 0 bridgehead atoms. The maximum absolute atomic E-state index is 2.34. The van der Waals surface area contributed by atoms with E-state index in [9.17, 15) is 0 Å². The van der Waals surface area contributed by atoms with Gasteiger partial charge in [0.15, 0.2) is 0 Å². The van der Waals surface area contributed by atoms with Crippen molar-refractivity contribution in [2.45, 2.75) is 27.2 Å². The highest BCUT2D eigenvalue weighted by Crippen LogP contribution is 2.21. The third-order valence-corrected chi connectivity index (χ3v) is 2.00. The first kappa shape index (κ1) is 6.60. The highest BCUT2D eigenvalue weighted by atomic mass is 14.1. The van der Waals surface area contributed by atoms with E-state index in [1.807, 2.05) is 0 Å². The zero-order valence-electron chi connectivity index (χ0n) is 6.44. The van der Waals surface area contributed by atoms with E-state index < -0.39 is 0 Å². The summed E-state index contributed by atoms with van der Waals surface area (Å²) >= 11 is 0. The predicted molar refractivity (Wildman–Crippen MR) is 41.3 cm³/mol. The summed E-state index contributed by atoms with van der Waals surface area (Å²) < 4.78 is 0. The van der Waals surface area contributed by atoms with Gasteiger partial charge in [0.05, 0.1) is 0 Å². The van der Waals surface area contributed by atoms with E-state index in [4.69, 9.17) is 0 Å². The van der Waals surface area contributed by atoms with E-state index in [0.717, 1.165) is 6.42 Å². The monoisotopic (exact) mass is 122 g/mol. The smallest absolute Gasteiger partial charge is 0.00516 e. The molecule has 1 atom stereocenters. The molecule has 0 N–H and O–H groups in total. The van der Waals surface area contributed by atoms with Crippen LogP contribution in [-0.2, 0) is 0 Å². The van der Waals surface area contributed by atoms with Crippen LogP contribution >= 0.6 is 0 Å². The average Bonchev–Trinajstić information content (AvgIpc) is 1.80. The molecule has 9 heavy (non-hydrogen) atoms. The third kappa shape index (κ3) is 1.44. The Morgan fingerprint density at radius 2 is 2.11 bits per heavy atom. The van der Waals surface area contributed by atoms with Crippen molar-refractivity contribution in [1.82, 2.24) is 0 Å². The molecule has 0 heterocycles. The van der Waals surface area contributed by atoms with Crippen LogP contribution in [0, 0.1) is 5.92 Å². The van der Waals surface area contributed by atoms with Gasteiger partial charge in [0.2, 0.25) is 0 Å². The van der Waals surface area contributed by atoms with Crippen LogP contribution in [0.25, 0.3) is 0 Å². The number of allylic oxidation sites excluding steroid dienone is 4. The van der Waals surface area contributed by atoms with Gasteiger partial charge < -0.3 is 0 Å². The summed E-state index contributed by atoms with van der Waals surface area (Å²) in [7, 11) is 0. The van der Waals surface area contributed by atoms with E-state index in [-0.39, 0.29) is 0 Å². The quantitative estimate of drug-likeness (QED) is 0.433. The molecule has 0 saturated heterocycles. The SMILES string of the molecule is CC1=CC(C)C(C)=CC1. The molecule has 0 radical (unpaired) electrons. The van der Waals surface area contributed by atoms with Crippen LogP contribution in [0.3, 0.4) is 0 Å². The van der Waals surface area contributed by atoms with Gasteiger partial charge in [-0.3, -0.25) is 0 Å². The standard InChI is InChI=1S/C9H14/c1-7-4-5-8(2)9(3)6-7/h5-6,9H,4H2,1-3H3. The van der Waals surface area contributed by atoms with Crippen LogP contribution in [0.2, 0.25) is 0 Å². The summed E-state index contributed by atoms with van der Waals surface area (Å²) in [5.74, 6) is 0.679. The molecule has 0 nitrogen and oxygen atoms in total. The summed E-state index contributed by atoms with van der Waals surface area (Å²) in [6.45, 7) is 6.64. The minimum absolute atomic E-state index is 0.679. The molecule has 0 aromatic heterocycles. The Balaban J connectivity index is 2.70. The summed E-state index contributed by atoms with van der Waals surface area (Å²) in [5, 5.41) is 0. The Hall–Kier alpha value is -0.520. The topological polar surface area (TPSA) is 0 Å². The molecule has 50 valence electrons. The Kier molecular flexibility index (Phi) is 1.75. The summed E-state index contributed by atoms with van der Waals surface area (Å²) in [5.41, 5.74) is 3.02. The van der Waals surface area contributed by atoms with Crippen molar-refractivity contribution in [2.24, 2.45) is 5.92 Å². The summed E-state index contributed by atoms with van der Waals surface area (Å²) in [4.78, 5) is 0. The van der Waals surface area contributed by atoms with Crippen molar-refractivity contribution in [3.8, 4) is 0 Å². The average molecular weight is 122 g/mol.